The van der Waals surface area contributed by atoms with Crippen molar-refractivity contribution in [3.63, 3.8) is 0 Å². The first kappa shape index (κ1) is 27.7. The fourth-order valence-electron chi connectivity index (χ4n) is 3.89. The average molecular weight is 474 g/mol. The standard InChI is InChI=1S/C28H44ClN3O/c1-20(2)15-25(30)17-32-28(5,6)19-31-27(16-21(3)4)23-9-13-26(14-10-23)33-18-22-7-11-24(29)12-8-22/h7-14,20-21,25,27,31-32H,15-19,30H2,1-6H3/t25?,27-/m0/s1. The minimum absolute atomic E-state index is 0.0362. The first-order chi connectivity index (χ1) is 15.5. The van der Waals surface area contributed by atoms with Crippen LogP contribution in [0.3, 0.4) is 0 Å². The number of rotatable bonds is 14. The fourth-order valence-corrected chi connectivity index (χ4v) is 4.02. The zero-order valence-corrected chi connectivity index (χ0v) is 22.1. The monoisotopic (exact) mass is 473 g/mol. The van der Waals surface area contributed by atoms with Gasteiger partial charge in [-0.2, -0.15) is 0 Å². The molecule has 0 spiro atoms. The van der Waals surface area contributed by atoms with Gasteiger partial charge < -0.3 is 21.1 Å². The van der Waals surface area contributed by atoms with Gasteiger partial charge in [-0.3, -0.25) is 0 Å². The summed E-state index contributed by atoms with van der Waals surface area (Å²) < 4.78 is 5.96. The highest BCUT2D eigenvalue weighted by Gasteiger charge is 2.21. The van der Waals surface area contributed by atoms with Crippen LogP contribution in [0.5, 0.6) is 5.75 Å². The molecular formula is C28H44ClN3O. The number of nitrogens with one attached hydrogen (secondary N) is 2. The molecule has 184 valence electrons. The van der Waals surface area contributed by atoms with Gasteiger partial charge in [0, 0.05) is 35.7 Å². The highest BCUT2D eigenvalue weighted by Crippen LogP contribution is 2.25. The van der Waals surface area contributed by atoms with Gasteiger partial charge in [0.1, 0.15) is 12.4 Å². The Morgan fingerprint density at radius 3 is 2.09 bits per heavy atom. The van der Waals surface area contributed by atoms with Crippen molar-refractivity contribution in [1.29, 1.82) is 0 Å². The molecule has 1 unspecified atom stereocenters. The Labute approximate surface area is 206 Å². The summed E-state index contributed by atoms with van der Waals surface area (Å²) in [6, 6.07) is 16.7. The van der Waals surface area contributed by atoms with Gasteiger partial charge in [-0.05, 0) is 73.9 Å². The summed E-state index contributed by atoms with van der Waals surface area (Å²) in [5.74, 6) is 2.09. The van der Waals surface area contributed by atoms with E-state index in [0.29, 0.717) is 24.5 Å². The third-order valence-electron chi connectivity index (χ3n) is 5.72. The highest BCUT2D eigenvalue weighted by molar-refractivity contribution is 6.30. The number of benzene rings is 2. The van der Waals surface area contributed by atoms with E-state index >= 15 is 0 Å². The van der Waals surface area contributed by atoms with Crippen molar-refractivity contribution in [2.75, 3.05) is 13.1 Å². The molecule has 2 aromatic carbocycles. The lowest BCUT2D eigenvalue weighted by atomic mass is 9.95. The van der Waals surface area contributed by atoms with Gasteiger partial charge in [0.15, 0.2) is 0 Å². The molecule has 0 saturated heterocycles. The molecule has 33 heavy (non-hydrogen) atoms. The van der Waals surface area contributed by atoms with Gasteiger partial charge in [0.25, 0.3) is 0 Å². The maximum Gasteiger partial charge on any atom is 0.119 e. The fraction of sp³-hybridized carbons (Fsp3) is 0.571. The maximum absolute atomic E-state index is 6.28. The molecule has 0 aliphatic heterocycles. The van der Waals surface area contributed by atoms with Crippen LogP contribution >= 0.6 is 11.6 Å². The van der Waals surface area contributed by atoms with Crippen molar-refractivity contribution in [2.45, 2.75) is 78.6 Å². The van der Waals surface area contributed by atoms with E-state index in [9.17, 15) is 0 Å². The largest absolute Gasteiger partial charge is 0.489 e. The number of hydrogen-bond acceptors (Lipinski definition) is 4. The van der Waals surface area contributed by atoms with Crippen LogP contribution in [0.2, 0.25) is 5.02 Å². The topological polar surface area (TPSA) is 59.3 Å². The van der Waals surface area contributed by atoms with Crippen LogP contribution in [-0.2, 0) is 6.61 Å². The quantitative estimate of drug-likeness (QED) is 0.299. The van der Waals surface area contributed by atoms with Crippen molar-refractivity contribution >= 4 is 11.6 Å². The molecule has 0 amide bonds. The maximum atomic E-state index is 6.28. The summed E-state index contributed by atoms with van der Waals surface area (Å²) in [7, 11) is 0. The Hall–Kier alpha value is -1.59. The SMILES string of the molecule is CC(C)CC(N)CNC(C)(C)CN[C@@H](CC(C)C)c1ccc(OCc2ccc(Cl)cc2)cc1. The molecule has 0 aliphatic rings. The van der Waals surface area contributed by atoms with Gasteiger partial charge in [-0.25, -0.2) is 0 Å². The predicted octanol–water partition coefficient (Wildman–Crippen LogP) is 6.34. The van der Waals surface area contributed by atoms with E-state index in [1.54, 1.807) is 0 Å². The van der Waals surface area contributed by atoms with Crippen LogP contribution < -0.4 is 21.1 Å². The van der Waals surface area contributed by atoms with E-state index in [1.165, 1.54) is 5.56 Å². The van der Waals surface area contributed by atoms with Crippen molar-refractivity contribution in [1.82, 2.24) is 10.6 Å². The lowest BCUT2D eigenvalue weighted by Gasteiger charge is -2.32. The first-order valence-corrected chi connectivity index (χ1v) is 12.6. The molecule has 4 nitrogen and oxygen atoms in total. The smallest absolute Gasteiger partial charge is 0.119 e. The number of ether oxygens (including phenoxy) is 1. The second-order valence-corrected chi connectivity index (χ2v) is 11.1. The lowest BCUT2D eigenvalue weighted by molar-refractivity contribution is 0.305. The molecule has 0 heterocycles. The third kappa shape index (κ3) is 10.9. The van der Waals surface area contributed by atoms with E-state index in [4.69, 9.17) is 22.1 Å². The summed E-state index contributed by atoms with van der Waals surface area (Å²) in [5, 5.41) is 8.19. The molecule has 2 atom stereocenters. The normalized spacial score (nSPS) is 14.0. The molecule has 0 radical (unpaired) electrons. The molecule has 0 aliphatic carbocycles. The minimum atomic E-state index is -0.0362. The molecule has 2 aromatic rings. The van der Waals surface area contributed by atoms with E-state index in [-0.39, 0.29) is 11.6 Å². The summed E-state index contributed by atoms with van der Waals surface area (Å²) in [4.78, 5) is 0. The Morgan fingerprint density at radius 2 is 1.52 bits per heavy atom. The van der Waals surface area contributed by atoms with Gasteiger partial charge >= 0.3 is 0 Å². The highest BCUT2D eigenvalue weighted by atomic mass is 35.5. The van der Waals surface area contributed by atoms with Crippen molar-refractivity contribution < 1.29 is 4.74 Å². The molecule has 0 aromatic heterocycles. The average Bonchev–Trinajstić information content (AvgIpc) is 2.75. The predicted molar refractivity (Wildman–Crippen MR) is 142 cm³/mol. The van der Waals surface area contributed by atoms with Gasteiger partial charge in [-0.15, -0.1) is 0 Å². The molecule has 0 bridgehead atoms. The van der Waals surface area contributed by atoms with Gasteiger partial charge in [-0.1, -0.05) is 63.6 Å². The molecule has 4 N–H and O–H groups in total. The molecule has 2 rings (SSSR count). The Morgan fingerprint density at radius 1 is 0.909 bits per heavy atom. The van der Waals surface area contributed by atoms with Crippen LogP contribution in [0, 0.1) is 11.8 Å². The second kappa shape index (κ2) is 13.3. The van der Waals surface area contributed by atoms with Crippen LogP contribution in [0.4, 0.5) is 0 Å². The molecular weight excluding hydrogens is 430 g/mol. The Kier molecular flexibility index (Phi) is 11.2. The summed E-state index contributed by atoms with van der Waals surface area (Å²) >= 11 is 5.96. The van der Waals surface area contributed by atoms with E-state index in [0.717, 1.165) is 42.3 Å². The third-order valence-corrected chi connectivity index (χ3v) is 5.97. The Balaban J connectivity index is 1.93. The number of nitrogens with two attached hydrogens (primary N) is 1. The first-order valence-electron chi connectivity index (χ1n) is 12.3. The van der Waals surface area contributed by atoms with E-state index in [1.807, 2.05) is 24.3 Å². The molecule has 0 saturated carbocycles. The van der Waals surface area contributed by atoms with Crippen LogP contribution in [0.25, 0.3) is 0 Å². The van der Waals surface area contributed by atoms with Crippen molar-refractivity contribution in [3.8, 4) is 5.75 Å². The Bertz CT molecular complexity index is 803. The van der Waals surface area contributed by atoms with Crippen LogP contribution in [0.1, 0.15) is 71.6 Å². The summed E-state index contributed by atoms with van der Waals surface area (Å²) in [5.41, 5.74) is 8.63. The minimum Gasteiger partial charge on any atom is -0.489 e. The van der Waals surface area contributed by atoms with Gasteiger partial charge in [0.05, 0.1) is 0 Å². The van der Waals surface area contributed by atoms with Crippen LogP contribution in [-0.4, -0.2) is 24.7 Å². The van der Waals surface area contributed by atoms with E-state index < -0.39 is 0 Å². The second-order valence-electron chi connectivity index (χ2n) is 10.7. The van der Waals surface area contributed by atoms with E-state index in [2.05, 4.69) is 76.4 Å². The number of hydrogen-bond donors (Lipinski definition) is 3. The summed E-state index contributed by atoms with van der Waals surface area (Å²) in [6.07, 6.45) is 2.12. The zero-order valence-electron chi connectivity index (χ0n) is 21.3. The van der Waals surface area contributed by atoms with Crippen LogP contribution in [0.15, 0.2) is 48.5 Å². The van der Waals surface area contributed by atoms with Gasteiger partial charge in [0.2, 0.25) is 0 Å². The molecule has 0 fully saturated rings. The summed E-state index contributed by atoms with van der Waals surface area (Å²) in [6.45, 7) is 15.7. The van der Waals surface area contributed by atoms with Crippen molar-refractivity contribution in [3.05, 3.63) is 64.7 Å². The number of halogens is 1. The van der Waals surface area contributed by atoms with Crippen molar-refractivity contribution in [2.24, 2.45) is 17.6 Å². The molecule has 5 heteroatoms. The zero-order chi connectivity index (χ0) is 24.4. The lowest BCUT2D eigenvalue weighted by Crippen LogP contribution is -2.52.